The molecule has 0 radical (unpaired) electrons. The molecule has 0 spiro atoms. The lowest BCUT2D eigenvalue weighted by Gasteiger charge is -2.04. The number of fused-ring (bicyclic) bond motifs is 1. The van der Waals surface area contributed by atoms with Gasteiger partial charge < -0.3 is 5.32 Å². The maximum atomic E-state index is 4.34. The number of rotatable bonds is 2. The third-order valence-electron chi connectivity index (χ3n) is 1.91. The summed E-state index contributed by atoms with van der Waals surface area (Å²) in [5.74, 6) is 0. The molecule has 4 nitrogen and oxygen atoms in total. The van der Waals surface area contributed by atoms with E-state index >= 15 is 0 Å². The molecule has 13 heavy (non-hydrogen) atoms. The van der Waals surface area contributed by atoms with Crippen molar-refractivity contribution in [2.75, 3.05) is 11.9 Å². The van der Waals surface area contributed by atoms with Crippen molar-refractivity contribution in [1.29, 1.82) is 0 Å². The molecule has 68 valence electrons. The van der Waals surface area contributed by atoms with E-state index in [1.54, 1.807) is 6.20 Å². The Hall–Kier alpha value is -1.58. The number of hydrogen-bond donors (Lipinski definition) is 2. The van der Waals surface area contributed by atoms with E-state index in [1.165, 1.54) is 0 Å². The Bertz CT molecular complexity index is 418. The zero-order chi connectivity index (χ0) is 9.26. The van der Waals surface area contributed by atoms with E-state index in [0.29, 0.717) is 0 Å². The Morgan fingerprint density at radius 1 is 1.54 bits per heavy atom. The molecular formula is C9H12N4. The first kappa shape index (κ1) is 8.04. The Kier molecular flexibility index (Phi) is 1.88. The first-order valence-electron chi connectivity index (χ1n) is 4.36. The summed E-state index contributed by atoms with van der Waals surface area (Å²) >= 11 is 0. The maximum absolute atomic E-state index is 4.34. The molecule has 0 amide bonds. The number of aryl methyl sites for hydroxylation is 1. The first-order valence-corrected chi connectivity index (χ1v) is 4.36. The molecule has 2 heterocycles. The number of H-pyrrole nitrogens is 1. The van der Waals surface area contributed by atoms with E-state index in [0.717, 1.165) is 29.0 Å². The van der Waals surface area contributed by atoms with Gasteiger partial charge in [-0.15, -0.1) is 0 Å². The molecule has 0 aliphatic rings. The second-order valence-electron chi connectivity index (χ2n) is 2.97. The topological polar surface area (TPSA) is 53.6 Å². The van der Waals surface area contributed by atoms with Gasteiger partial charge in [0.25, 0.3) is 0 Å². The van der Waals surface area contributed by atoms with Crippen molar-refractivity contribution >= 4 is 16.7 Å². The molecule has 0 fully saturated rings. The fraction of sp³-hybridized carbons (Fsp3) is 0.333. The second kappa shape index (κ2) is 3.05. The number of pyridine rings is 1. The van der Waals surface area contributed by atoms with Gasteiger partial charge in [0.05, 0.1) is 11.9 Å². The lowest BCUT2D eigenvalue weighted by Crippen LogP contribution is -1.98. The highest BCUT2D eigenvalue weighted by atomic mass is 15.1. The summed E-state index contributed by atoms with van der Waals surface area (Å²) in [4.78, 5) is 4.34. The van der Waals surface area contributed by atoms with Gasteiger partial charge in [0, 0.05) is 12.2 Å². The standard InChI is InChI=1S/C9H12N4/c1-3-10-7-4-6(2)12-8-5-11-13-9(7)8/h4-5H,3H2,1-2H3,(H,10,12)(H,11,13). The van der Waals surface area contributed by atoms with Gasteiger partial charge in [-0.2, -0.15) is 5.10 Å². The molecule has 2 aromatic heterocycles. The molecule has 2 aromatic rings. The van der Waals surface area contributed by atoms with E-state index in [1.807, 2.05) is 13.0 Å². The van der Waals surface area contributed by atoms with Crippen LogP contribution in [-0.2, 0) is 0 Å². The number of anilines is 1. The van der Waals surface area contributed by atoms with Crippen molar-refractivity contribution in [1.82, 2.24) is 15.2 Å². The Morgan fingerprint density at radius 2 is 2.38 bits per heavy atom. The van der Waals surface area contributed by atoms with Crippen molar-refractivity contribution in [2.45, 2.75) is 13.8 Å². The minimum Gasteiger partial charge on any atom is -0.383 e. The molecule has 0 saturated carbocycles. The van der Waals surface area contributed by atoms with Gasteiger partial charge in [-0.3, -0.25) is 5.10 Å². The average molecular weight is 176 g/mol. The third-order valence-corrected chi connectivity index (χ3v) is 1.91. The molecule has 4 heteroatoms. The van der Waals surface area contributed by atoms with Crippen molar-refractivity contribution < 1.29 is 0 Å². The summed E-state index contributed by atoms with van der Waals surface area (Å²) in [5, 5.41) is 10.1. The van der Waals surface area contributed by atoms with E-state index in [4.69, 9.17) is 0 Å². The monoisotopic (exact) mass is 176 g/mol. The SMILES string of the molecule is CCNc1cc(C)nc2cn[nH]c12. The van der Waals surface area contributed by atoms with Gasteiger partial charge in [-0.05, 0) is 19.9 Å². The number of aromatic nitrogens is 3. The van der Waals surface area contributed by atoms with Gasteiger partial charge in [0.15, 0.2) is 0 Å². The van der Waals surface area contributed by atoms with Crippen molar-refractivity contribution in [3.63, 3.8) is 0 Å². The predicted octanol–water partition coefficient (Wildman–Crippen LogP) is 1.70. The quantitative estimate of drug-likeness (QED) is 0.732. The summed E-state index contributed by atoms with van der Waals surface area (Å²) in [7, 11) is 0. The fourth-order valence-electron chi connectivity index (χ4n) is 1.40. The summed E-state index contributed by atoms with van der Waals surface area (Å²) in [6.45, 7) is 4.95. The normalized spacial score (nSPS) is 10.6. The second-order valence-corrected chi connectivity index (χ2v) is 2.97. The Morgan fingerprint density at radius 3 is 3.15 bits per heavy atom. The van der Waals surface area contributed by atoms with Crippen LogP contribution < -0.4 is 5.32 Å². The van der Waals surface area contributed by atoms with Gasteiger partial charge in [-0.1, -0.05) is 0 Å². The van der Waals surface area contributed by atoms with Gasteiger partial charge >= 0.3 is 0 Å². The lowest BCUT2D eigenvalue weighted by molar-refractivity contribution is 1.11. The van der Waals surface area contributed by atoms with Crippen LogP contribution in [0.25, 0.3) is 11.0 Å². The number of aromatic amines is 1. The Balaban J connectivity index is 2.63. The molecule has 0 atom stereocenters. The average Bonchev–Trinajstić information content (AvgIpc) is 2.52. The highest BCUT2D eigenvalue weighted by molar-refractivity contribution is 5.87. The van der Waals surface area contributed by atoms with Crippen molar-refractivity contribution in [3.05, 3.63) is 18.0 Å². The summed E-state index contributed by atoms with van der Waals surface area (Å²) in [6.07, 6.45) is 1.74. The van der Waals surface area contributed by atoms with E-state index < -0.39 is 0 Å². The fourth-order valence-corrected chi connectivity index (χ4v) is 1.40. The van der Waals surface area contributed by atoms with E-state index in [9.17, 15) is 0 Å². The third kappa shape index (κ3) is 1.35. The van der Waals surface area contributed by atoms with Crippen molar-refractivity contribution in [3.8, 4) is 0 Å². The maximum Gasteiger partial charge on any atom is 0.110 e. The van der Waals surface area contributed by atoms with Crippen LogP contribution in [0.2, 0.25) is 0 Å². The van der Waals surface area contributed by atoms with Crippen LogP contribution in [0.15, 0.2) is 12.3 Å². The zero-order valence-electron chi connectivity index (χ0n) is 7.76. The van der Waals surface area contributed by atoms with Crippen LogP contribution in [0.3, 0.4) is 0 Å². The molecule has 0 aliphatic carbocycles. The minimum absolute atomic E-state index is 0.900. The zero-order valence-corrected chi connectivity index (χ0v) is 7.76. The van der Waals surface area contributed by atoms with Gasteiger partial charge in [0.2, 0.25) is 0 Å². The molecule has 0 bridgehead atoms. The molecule has 0 unspecified atom stereocenters. The molecular weight excluding hydrogens is 164 g/mol. The summed E-state index contributed by atoms with van der Waals surface area (Å²) < 4.78 is 0. The van der Waals surface area contributed by atoms with Crippen LogP contribution in [0, 0.1) is 6.92 Å². The van der Waals surface area contributed by atoms with Crippen LogP contribution in [-0.4, -0.2) is 21.7 Å². The molecule has 2 N–H and O–H groups in total. The molecule has 0 aromatic carbocycles. The highest BCUT2D eigenvalue weighted by Gasteiger charge is 2.03. The van der Waals surface area contributed by atoms with Crippen LogP contribution >= 0.6 is 0 Å². The lowest BCUT2D eigenvalue weighted by atomic mass is 10.3. The summed E-state index contributed by atoms with van der Waals surface area (Å²) in [5.41, 5.74) is 3.97. The molecule has 0 aliphatic heterocycles. The van der Waals surface area contributed by atoms with Crippen LogP contribution in [0.1, 0.15) is 12.6 Å². The number of nitrogens with zero attached hydrogens (tertiary/aromatic N) is 2. The minimum atomic E-state index is 0.900. The van der Waals surface area contributed by atoms with Gasteiger partial charge in [0.1, 0.15) is 11.0 Å². The molecule has 0 saturated heterocycles. The summed E-state index contributed by atoms with van der Waals surface area (Å²) in [6, 6.07) is 2.02. The van der Waals surface area contributed by atoms with Crippen molar-refractivity contribution in [2.24, 2.45) is 0 Å². The molecule has 2 rings (SSSR count). The number of nitrogens with one attached hydrogen (secondary N) is 2. The first-order chi connectivity index (χ1) is 6.31. The van der Waals surface area contributed by atoms with Crippen LogP contribution in [0.5, 0.6) is 0 Å². The smallest absolute Gasteiger partial charge is 0.110 e. The largest absolute Gasteiger partial charge is 0.383 e. The Labute approximate surface area is 76.4 Å². The van der Waals surface area contributed by atoms with E-state index in [2.05, 4.69) is 27.4 Å². The highest BCUT2D eigenvalue weighted by Crippen LogP contribution is 2.19. The number of hydrogen-bond acceptors (Lipinski definition) is 3. The van der Waals surface area contributed by atoms with Crippen LogP contribution in [0.4, 0.5) is 5.69 Å². The van der Waals surface area contributed by atoms with Gasteiger partial charge in [-0.25, -0.2) is 4.98 Å². The van der Waals surface area contributed by atoms with E-state index in [-0.39, 0.29) is 0 Å². The predicted molar refractivity (Wildman–Crippen MR) is 52.8 cm³/mol.